The van der Waals surface area contributed by atoms with Gasteiger partial charge in [-0.15, -0.1) is 35.3 Å². The van der Waals surface area contributed by atoms with Crippen LogP contribution < -0.4 is 0 Å². The van der Waals surface area contributed by atoms with Crippen molar-refractivity contribution in [1.82, 2.24) is 4.90 Å². The molecule has 3 heterocycles. The van der Waals surface area contributed by atoms with Crippen LogP contribution in [0.2, 0.25) is 0 Å². The molecule has 1 aromatic rings. The maximum atomic E-state index is 13.7. The Morgan fingerprint density at radius 1 is 1.14 bits per heavy atom. The van der Waals surface area contributed by atoms with Gasteiger partial charge in [-0.25, -0.2) is 0 Å². The molecule has 2 nitrogen and oxygen atoms in total. The van der Waals surface area contributed by atoms with Crippen LogP contribution in [0.1, 0.15) is 60.9 Å². The van der Waals surface area contributed by atoms with Crippen molar-refractivity contribution in [2.75, 3.05) is 23.0 Å². The fourth-order valence-corrected chi connectivity index (χ4v) is 11.9. The molecule has 3 atom stereocenters. The Kier molecular flexibility index (Phi) is 5.70. The highest BCUT2D eigenvalue weighted by Crippen LogP contribution is 2.67. The van der Waals surface area contributed by atoms with Crippen molar-refractivity contribution in [3.05, 3.63) is 35.4 Å². The van der Waals surface area contributed by atoms with Crippen LogP contribution in [-0.2, 0) is 4.87 Å². The van der Waals surface area contributed by atoms with Crippen LogP contribution in [0.4, 0.5) is 0 Å². The predicted molar refractivity (Wildman–Crippen MR) is 128 cm³/mol. The van der Waals surface area contributed by atoms with Gasteiger partial charge in [0, 0.05) is 29.5 Å². The predicted octanol–water partition coefficient (Wildman–Crippen LogP) is 5.88. The maximum Gasteiger partial charge on any atom is 0.255 e. The van der Waals surface area contributed by atoms with E-state index in [1.54, 1.807) is 0 Å². The van der Waals surface area contributed by atoms with Gasteiger partial charge in [-0.05, 0) is 54.8 Å². The van der Waals surface area contributed by atoms with Crippen LogP contribution >= 0.6 is 47.9 Å². The second kappa shape index (κ2) is 7.97. The van der Waals surface area contributed by atoms with Crippen LogP contribution in [0.5, 0.6) is 0 Å². The standard InChI is InChI=1S/C22H29NOS4/c24-20-16-7-1-2-8-17(16)21(26-12-5-11-25)15-22(27-13-6-14-28-22)18-9-3-4-10-19(18)23(20)21/h1-2,7-8,18-19,25H,3-6,9-15H2/t18-,19-,21?/m1/s1. The summed E-state index contributed by atoms with van der Waals surface area (Å²) in [6.45, 7) is 0. The van der Waals surface area contributed by atoms with E-state index in [0.29, 0.717) is 17.9 Å². The number of carbonyl (C=O) groups excluding carboxylic acids is 1. The van der Waals surface area contributed by atoms with Crippen molar-refractivity contribution in [3.8, 4) is 0 Å². The van der Waals surface area contributed by atoms with Gasteiger partial charge < -0.3 is 4.90 Å². The summed E-state index contributed by atoms with van der Waals surface area (Å²) in [6.07, 6.45) is 8.61. The van der Waals surface area contributed by atoms with E-state index in [2.05, 4.69) is 59.3 Å². The number of thioether (sulfide) groups is 3. The lowest BCUT2D eigenvalue weighted by molar-refractivity contribution is 0.00931. The van der Waals surface area contributed by atoms with E-state index in [0.717, 1.165) is 29.9 Å². The Morgan fingerprint density at radius 2 is 1.93 bits per heavy atom. The van der Waals surface area contributed by atoms with Crippen LogP contribution in [0.3, 0.4) is 0 Å². The molecule has 152 valence electrons. The number of carbonyl (C=O) groups is 1. The van der Waals surface area contributed by atoms with Crippen molar-refractivity contribution in [2.24, 2.45) is 5.92 Å². The molecule has 4 aliphatic rings. The van der Waals surface area contributed by atoms with E-state index >= 15 is 0 Å². The van der Waals surface area contributed by atoms with Gasteiger partial charge in [0.05, 0.1) is 4.08 Å². The van der Waals surface area contributed by atoms with Gasteiger partial charge in [-0.3, -0.25) is 4.79 Å². The Labute approximate surface area is 187 Å². The average Bonchev–Trinajstić information content (AvgIpc) is 2.98. The highest BCUT2D eigenvalue weighted by molar-refractivity contribution is 8.18. The third-order valence-electron chi connectivity index (χ3n) is 6.92. The first kappa shape index (κ1) is 20.0. The van der Waals surface area contributed by atoms with E-state index < -0.39 is 0 Å². The van der Waals surface area contributed by atoms with E-state index in [1.165, 1.54) is 49.2 Å². The lowest BCUT2D eigenvalue weighted by Gasteiger charge is -2.60. The molecule has 0 aromatic heterocycles. The van der Waals surface area contributed by atoms with Crippen molar-refractivity contribution < 1.29 is 4.79 Å². The molecule has 0 radical (unpaired) electrons. The summed E-state index contributed by atoms with van der Waals surface area (Å²) in [6, 6.07) is 8.90. The van der Waals surface area contributed by atoms with Crippen LogP contribution in [0.15, 0.2) is 24.3 Å². The third kappa shape index (κ3) is 2.99. The molecule has 3 fully saturated rings. The molecule has 1 aromatic carbocycles. The van der Waals surface area contributed by atoms with E-state index in [4.69, 9.17) is 0 Å². The smallest absolute Gasteiger partial charge is 0.255 e. The van der Waals surface area contributed by atoms with Crippen molar-refractivity contribution >= 4 is 53.8 Å². The van der Waals surface area contributed by atoms with Crippen LogP contribution in [-0.4, -0.2) is 43.9 Å². The molecule has 1 saturated carbocycles. The quantitative estimate of drug-likeness (QED) is 0.455. The summed E-state index contributed by atoms with van der Waals surface area (Å²) in [5.74, 6) is 5.50. The normalized spacial score (nSPS) is 33.5. The summed E-state index contributed by atoms with van der Waals surface area (Å²) in [4.78, 5) is 15.9. The fraction of sp³-hybridized carbons (Fsp3) is 0.682. The molecule has 1 unspecified atom stereocenters. The molecule has 0 bridgehead atoms. The summed E-state index contributed by atoms with van der Waals surface area (Å²) in [5.41, 5.74) is 2.26. The molecule has 1 amide bonds. The molecule has 2 saturated heterocycles. The lowest BCUT2D eigenvalue weighted by Crippen LogP contribution is -2.63. The average molecular weight is 452 g/mol. The third-order valence-corrected chi connectivity index (χ3v) is 12.3. The molecule has 1 aliphatic carbocycles. The largest absolute Gasteiger partial charge is 0.316 e. The minimum absolute atomic E-state index is 0.174. The minimum Gasteiger partial charge on any atom is -0.316 e. The maximum absolute atomic E-state index is 13.7. The van der Waals surface area contributed by atoms with Gasteiger partial charge in [0.1, 0.15) is 4.87 Å². The number of rotatable bonds is 4. The number of hydrogen-bond acceptors (Lipinski definition) is 5. The summed E-state index contributed by atoms with van der Waals surface area (Å²) in [7, 11) is 0. The Morgan fingerprint density at radius 3 is 2.75 bits per heavy atom. The van der Waals surface area contributed by atoms with Gasteiger partial charge in [0.2, 0.25) is 0 Å². The fourth-order valence-electron chi connectivity index (χ4n) is 5.84. The number of thiol groups is 1. The van der Waals surface area contributed by atoms with Gasteiger partial charge in [-0.1, -0.05) is 31.0 Å². The first-order valence-corrected chi connectivity index (χ1v) is 14.3. The van der Waals surface area contributed by atoms with Crippen LogP contribution in [0.25, 0.3) is 0 Å². The topological polar surface area (TPSA) is 20.3 Å². The summed E-state index contributed by atoms with van der Waals surface area (Å²) < 4.78 is 0.283. The van der Waals surface area contributed by atoms with Crippen molar-refractivity contribution in [3.63, 3.8) is 0 Å². The Bertz CT molecular complexity index is 750. The Balaban J connectivity index is 1.64. The van der Waals surface area contributed by atoms with Crippen molar-refractivity contribution in [2.45, 2.75) is 59.9 Å². The molecule has 28 heavy (non-hydrogen) atoms. The monoisotopic (exact) mass is 451 g/mol. The van der Waals surface area contributed by atoms with E-state index in [-0.39, 0.29) is 8.95 Å². The first-order chi connectivity index (χ1) is 13.7. The molecule has 1 spiro atoms. The molecule has 6 heteroatoms. The van der Waals surface area contributed by atoms with E-state index in [9.17, 15) is 4.79 Å². The Hall–Kier alpha value is 0.0900. The molecule has 5 rings (SSSR count). The highest BCUT2D eigenvalue weighted by atomic mass is 32.2. The number of hydrogen-bond donors (Lipinski definition) is 1. The zero-order chi connectivity index (χ0) is 19.2. The number of piperidine rings is 1. The van der Waals surface area contributed by atoms with Gasteiger partial charge >= 0.3 is 0 Å². The number of nitrogens with zero attached hydrogens (tertiary/aromatic N) is 1. The van der Waals surface area contributed by atoms with Crippen molar-refractivity contribution in [1.29, 1.82) is 0 Å². The second-order valence-electron chi connectivity index (χ2n) is 8.43. The minimum atomic E-state index is -0.174. The SMILES string of the molecule is O=C1c2ccccc2C2(SCCCS)CC3(SCCCS3)[C@@H]3CCCC[C@H]3N12. The second-order valence-corrected chi connectivity index (χ2v) is 13.4. The number of amides is 1. The van der Waals surface area contributed by atoms with Crippen LogP contribution in [0, 0.1) is 5.92 Å². The zero-order valence-corrected chi connectivity index (χ0v) is 19.6. The highest BCUT2D eigenvalue weighted by Gasteiger charge is 2.64. The molecular weight excluding hydrogens is 423 g/mol. The summed E-state index contributed by atoms with van der Waals surface area (Å²) in [5, 5.41) is 0. The van der Waals surface area contributed by atoms with Gasteiger partial charge in [0.15, 0.2) is 0 Å². The van der Waals surface area contributed by atoms with Gasteiger partial charge in [0.25, 0.3) is 5.91 Å². The van der Waals surface area contributed by atoms with Gasteiger partial charge in [-0.2, -0.15) is 12.6 Å². The lowest BCUT2D eigenvalue weighted by atomic mass is 9.75. The zero-order valence-electron chi connectivity index (χ0n) is 16.3. The number of fused-ring (bicyclic) bond motifs is 6. The molecule has 0 N–H and O–H groups in total. The number of benzene rings is 1. The molecule has 3 aliphatic heterocycles. The summed E-state index contributed by atoms with van der Waals surface area (Å²) >= 11 is 11.0. The molecular formula is C22H29NOS4. The first-order valence-electron chi connectivity index (χ1n) is 10.7. The van der Waals surface area contributed by atoms with E-state index in [1.807, 2.05) is 17.8 Å².